The summed E-state index contributed by atoms with van der Waals surface area (Å²) in [6.07, 6.45) is 2.15. The van der Waals surface area contributed by atoms with Crippen molar-refractivity contribution >= 4 is 17.8 Å². The SMILES string of the molecule is O=C1CN(NC(=O)[C@@H]2C[C@@H]3O[C@H]2[C@H]2C[C@H]23)C(=O)N1. The average molecular weight is 251 g/mol. The molecular formula is C11H13N3O4. The molecule has 5 atom stereocenters. The molecule has 3 heterocycles. The molecule has 2 bridgehead atoms. The molecule has 96 valence electrons. The van der Waals surface area contributed by atoms with Crippen LogP contribution < -0.4 is 10.7 Å². The molecule has 3 saturated heterocycles. The lowest BCUT2D eigenvalue weighted by Crippen LogP contribution is -2.48. The van der Waals surface area contributed by atoms with Crippen molar-refractivity contribution < 1.29 is 19.1 Å². The maximum atomic E-state index is 12.1. The van der Waals surface area contributed by atoms with E-state index in [0.29, 0.717) is 11.8 Å². The van der Waals surface area contributed by atoms with E-state index in [1.54, 1.807) is 0 Å². The van der Waals surface area contributed by atoms with Crippen LogP contribution in [-0.2, 0) is 14.3 Å². The van der Waals surface area contributed by atoms with Gasteiger partial charge in [0.05, 0.1) is 18.1 Å². The van der Waals surface area contributed by atoms with E-state index in [2.05, 4.69) is 10.7 Å². The Morgan fingerprint density at radius 2 is 2.17 bits per heavy atom. The summed E-state index contributed by atoms with van der Waals surface area (Å²) in [4.78, 5) is 34.4. The number of carbonyl (C=O) groups excluding carboxylic acids is 3. The number of amides is 4. The number of urea groups is 1. The highest BCUT2D eigenvalue weighted by molar-refractivity contribution is 6.02. The van der Waals surface area contributed by atoms with Crippen molar-refractivity contribution in [1.82, 2.24) is 15.8 Å². The number of fused-ring (bicyclic) bond motifs is 5. The maximum Gasteiger partial charge on any atom is 0.343 e. The van der Waals surface area contributed by atoms with Crippen molar-refractivity contribution in [3.8, 4) is 0 Å². The first-order valence-corrected chi connectivity index (χ1v) is 6.21. The normalized spacial score (nSPS) is 44.0. The molecule has 7 heteroatoms. The Morgan fingerprint density at radius 1 is 1.33 bits per heavy atom. The van der Waals surface area contributed by atoms with Crippen LogP contribution in [0.3, 0.4) is 0 Å². The summed E-state index contributed by atoms with van der Waals surface area (Å²) in [5, 5.41) is 3.14. The Bertz CT molecular complexity index is 465. The van der Waals surface area contributed by atoms with E-state index in [9.17, 15) is 14.4 Å². The van der Waals surface area contributed by atoms with E-state index in [0.717, 1.165) is 11.4 Å². The second-order valence-electron chi connectivity index (χ2n) is 5.46. The molecule has 4 aliphatic rings. The zero-order chi connectivity index (χ0) is 12.4. The summed E-state index contributed by atoms with van der Waals surface area (Å²) in [7, 11) is 0. The Kier molecular flexibility index (Phi) is 1.85. The minimum absolute atomic E-state index is 0.0152. The molecule has 18 heavy (non-hydrogen) atoms. The van der Waals surface area contributed by atoms with Gasteiger partial charge >= 0.3 is 6.03 Å². The second-order valence-corrected chi connectivity index (χ2v) is 5.46. The number of hydrazine groups is 1. The zero-order valence-corrected chi connectivity index (χ0v) is 9.59. The Hall–Kier alpha value is -1.63. The molecule has 1 aliphatic carbocycles. The van der Waals surface area contributed by atoms with Crippen molar-refractivity contribution in [2.75, 3.05) is 6.54 Å². The number of hydrogen-bond acceptors (Lipinski definition) is 4. The van der Waals surface area contributed by atoms with Gasteiger partial charge in [-0.05, 0) is 24.7 Å². The lowest BCUT2D eigenvalue weighted by Gasteiger charge is -2.21. The lowest BCUT2D eigenvalue weighted by atomic mass is 9.89. The first-order valence-electron chi connectivity index (χ1n) is 6.21. The standard InChI is InChI=1S/C11H13N3O4/c15-8-3-14(11(17)12-8)13-10(16)6-2-7-4-1-5(4)9(6)18-7/h4-7,9H,1-3H2,(H,13,16)(H,12,15,17)/t4-,5+,6-,7+,9+/m1/s1. The quantitative estimate of drug-likeness (QED) is 0.616. The van der Waals surface area contributed by atoms with Gasteiger partial charge in [0, 0.05) is 0 Å². The number of nitrogens with one attached hydrogen (secondary N) is 2. The van der Waals surface area contributed by atoms with Crippen LogP contribution in [0.5, 0.6) is 0 Å². The van der Waals surface area contributed by atoms with Gasteiger partial charge in [0.15, 0.2) is 0 Å². The maximum absolute atomic E-state index is 12.1. The van der Waals surface area contributed by atoms with E-state index in [1.165, 1.54) is 6.42 Å². The first kappa shape index (κ1) is 10.3. The molecule has 0 unspecified atom stereocenters. The highest BCUT2D eigenvalue weighted by Crippen LogP contribution is 2.60. The number of rotatable bonds is 2. The summed E-state index contributed by atoms with van der Waals surface area (Å²) >= 11 is 0. The third-order valence-corrected chi connectivity index (χ3v) is 4.38. The third kappa shape index (κ3) is 1.30. The van der Waals surface area contributed by atoms with Crippen LogP contribution in [0.25, 0.3) is 0 Å². The molecule has 0 aromatic carbocycles. The predicted molar refractivity (Wildman–Crippen MR) is 56.8 cm³/mol. The van der Waals surface area contributed by atoms with Crippen LogP contribution in [-0.4, -0.2) is 41.6 Å². The number of hydrogen-bond donors (Lipinski definition) is 2. The monoisotopic (exact) mass is 251 g/mol. The van der Waals surface area contributed by atoms with Gasteiger partial charge in [0.1, 0.15) is 6.54 Å². The minimum atomic E-state index is -0.568. The van der Waals surface area contributed by atoms with Gasteiger partial charge in [-0.25, -0.2) is 9.80 Å². The molecule has 7 nitrogen and oxygen atoms in total. The molecule has 4 amide bonds. The number of carbonyl (C=O) groups is 3. The van der Waals surface area contributed by atoms with Gasteiger partial charge in [-0.1, -0.05) is 0 Å². The summed E-state index contributed by atoms with van der Waals surface area (Å²) in [5.74, 6) is 0.413. The number of imide groups is 1. The van der Waals surface area contributed by atoms with Crippen LogP contribution in [0, 0.1) is 17.8 Å². The van der Waals surface area contributed by atoms with Gasteiger partial charge in [0.2, 0.25) is 11.8 Å². The highest BCUT2D eigenvalue weighted by atomic mass is 16.5. The second kappa shape index (κ2) is 3.23. The fourth-order valence-corrected chi connectivity index (χ4v) is 3.46. The fraction of sp³-hybridized carbons (Fsp3) is 0.727. The lowest BCUT2D eigenvalue weighted by molar-refractivity contribution is -0.130. The first-order chi connectivity index (χ1) is 8.63. The average Bonchev–Trinajstić information content (AvgIpc) is 2.78. The summed E-state index contributed by atoms with van der Waals surface area (Å²) in [5.41, 5.74) is 2.51. The smallest absolute Gasteiger partial charge is 0.343 e. The molecule has 4 rings (SSSR count). The van der Waals surface area contributed by atoms with Gasteiger partial charge in [-0.2, -0.15) is 0 Å². The highest BCUT2D eigenvalue weighted by Gasteiger charge is 2.64. The molecule has 4 fully saturated rings. The van der Waals surface area contributed by atoms with Gasteiger partial charge in [-0.15, -0.1) is 0 Å². The number of ether oxygens (including phenoxy) is 1. The van der Waals surface area contributed by atoms with Crippen molar-refractivity contribution in [2.45, 2.75) is 25.0 Å². The molecular weight excluding hydrogens is 238 g/mol. The van der Waals surface area contributed by atoms with Gasteiger partial charge in [-0.3, -0.25) is 20.3 Å². The van der Waals surface area contributed by atoms with Crippen LogP contribution >= 0.6 is 0 Å². The molecule has 0 spiro atoms. The summed E-state index contributed by atoms with van der Waals surface area (Å²) in [6, 6.07) is -0.568. The largest absolute Gasteiger partial charge is 0.374 e. The summed E-state index contributed by atoms with van der Waals surface area (Å²) in [6.45, 7) is -0.113. The van der Waals surface area contributed by atoms with E-state index in [-0.39, 0.29) is 30.6 Å². The molecule has 3 aliphatic heterocycles. The van der Waals surface area contributed by atoms with Crippen LogP contribution in [0.1, 0.15) is 12.8 Å². The Balaban J connectivity index is 1.42. The minimum Gasteiger partial charge on any atom is -0.374 e. The van der Waals surface area contributed by atoms with E-state index in [1.807, 2.05) is 0 Å². The van der Waals surface area contributed by atoms with Crippen molar-refractivity contribution in [2.24, 2.45) is 17.8 Å². The van der Waals surface area contributed by atoms with Crippen LogP contribution in [0.2, 0.25) is 0 Å². The van der Waals surface area contributed by atoms with Crippen molar-refractivity contribution in [3.05, 3.63) is 0 Å². The molecule has 0 aromatic heterocycles. The van der Waals surface area contributed by atoms with Crippen molar-refractivity contribution in [1.29, 1.82) is 0 Å². The third-order valence-electron chi connectivity index (χ3n) is 4.38. The van der Waals surface area contributed by atoms with Crippen LogP contribution in [0.15, 0.2) is 0 Å². The predicted octanol–water partition coefficient (Wildman–Crippen LogP) is -1.01. The van der Waals surface area contributed by atoms with E-state index >= 15 is 0 Å². The summed E-state index contributed by atoms with van der Waals surface area (Å²) < 4.78 is 5.73. The fourth-order valence-electron chi connectivity index (χ4n) is 3.46. The van der Waals surface area contributed by atoms with Crippen molar-refractivity contribution in [3.63, 3.8) is 0 Å². The molecule has 0 radical (unpaired) electrons. The topological polar surface area (TPSA) is 87.7 Å². The van der Waals surface area contributed by atoms with E-state index in [4.69, 9.17) is 4.74 Å². The zero-order valence-electron chi connectivity index (χ0n) is 9.59. The van der Waals surface area contributed by atoms with Crippen LogP contribution in [0.4, 0.5) is 4.79 Å². The number of nitrogens with zero attached hydrogens (tertiary/aromatic N) is 1. The molecule has 0 aromatic rings. The van der Waals surface area contributed by atoms with Gasteiger partial charge < -0.3 is 4.74 Å². The Morgan fingerprint density at radius 3 is 2.78 bits per heavy atom. The molecule has 1 saturated carbocycles. The van der Waals surface area contributed by atoms with E-state index < -0.39 is 11.9 Å². The van der Waals surface area contributed by atoms with Gasteiger partial charge in [0.25, 0.3) is 0 Å². The molecule has 2 N–H and O–H groups in total. The Labute approximate surface area is 103 Å².